The Morgan fingerprint density at radius 1 is 0.806 bits per heavy atom. The second-order valence-corrected chi connectivity index (χ2v) is 7.23. The summed E-state index contributed by atoms with van der Waals surface area (Å²) in [7, 11) is 0. The molecule has 0 aromatic carbocycles. The zero-order valence-electron chi connectivity index (χ0n) is 17.3. The third kappa shape index (κ3) is 9.86. The predicted octanol–water partition coefficient (Wildman–Crippen LogP) is -3.76. The highest BCUT2D eigenvalue weighted by molar-refractivity contribution is 5.96. The fourth-order valence-electron chi connectivity index (χ4n) is 2.39. The van der Waals surface area contributed by atoms with Crippen molar-refractivity contribution in [3.63, 3.8) is 0 Å². The van der Waals surface area contributed by atoms with E-state index in [9.17, 15) is 39.0 Å². The molecule has 0 aliphatic heterocycles. The normalized spacial score (nSPS) is 15.7. The molecule has 5 unspecified atom stereocenters. The van der Waals surface area contributed by atoms with Gasteiger partial charge in [-0.2, -0.15) is 0 Å². The van der Waals surface area contributed by atoms with Gasteiger partial charge in [0.05, 0.1) is 25.0 Å². The number of rotatable bonds is 13. The molecule has 14 heteroatoms. The van der Waals surface area contributed by atoms with Gasteiger partial charge < -0.3 is 42.7 Å². The van der Waals surface area contributed by atoms with Gasteiger partial charge in [-0.3, -0.25) is 24.0 Å². The number of carbonyl (C=O) groups is 6. The van der Waals surface area contributed by atoms with Crippen LogP contribution in [0, 0.1) is 5.92 Å². The molecule has 5 atom stereocenters. The largest absolute Gasteiger partial charge is 0.481 e. The van der Waals surface area contributed by atoms with Gasteiger partial charge >= 0.3 is 11.9 Å². The Bertz CT molecular complexity index is 710. The van der Waals surface area contributed by atoms with E-state index in [1.807, 2.05) is 0 Å². The molecule has 0 rings (SSSR count). The number of carboxylic acid groups (broad SMARTS) is 2. The van der Waals surface area contributed by atoms with E-state index >= 15 is 0 Å². The van der Waals surface area contributed by atoms with Crippen LogP contribution in [0.25, 0.3) is 0 Å². The zero-order chi connectivity index (χ0) is 24.5. The minimum absolute atomic E-state index is 0.522. The third-order valence-corrected chi connectivity index (χ3v) is 4.06. The molecular formula is C17H29N5O9. The van der Waals surface area contributed by atoms with Gasteiger partial charge in [0.25, 0.3) is 0 Å². The fourth-order valence-corrected chi connectivity index (χ4v) is 2.39. The lowest BCUT2D eigenvalue weighted by Crippen LogP contribution is -2.60. The summed E-state index contributed by atoms with van der Waals surface area (Å²) in [5.74, 6) is -7.39. The number of carbonyl (C=O) groups excluding carboxylic acids is 4. The highest BCUT2D eigenvalue weighted by Crippen LogP contribution is 2.05. The first kappa shape index (κ1) is 27.7. The number of nitrogens with one attached hydrogen (secondary N) is 3. The lowest BCUT2D eigenvalue weighted by Gasteiger charge is -2.26. The number of primary amides is 1. The van der Waals surface area contributed by atoms with Crippen LogP contribution in [0.5, 0.6) is 0 Å². The molecule has 0 aromatic heterocycles. The predicted molar refractivity (Wildman–Crippen MR) is 104 cm³/mol. The Morgan fingerprint density at radius 2 is 1.32 bits per heavy atom. The van der Waals surface area contributed by atoms with Crippen LogP contribution in [-0.4, -0.2) is 81.2 Å². The van der Waals surface area contributed by atoms with Crippen molar-refractivity contribution in [1.29, 1.82) is 0 Å². The fraction of sp³-hybridized carbons (Fsp3) is 0.647. The van der Waals surface area contributed by atoms with Crippen molar-refractivity contribution in [2.45, 2.75) is 63.9 Å². The van der Waals surface area contributed by atoms with Crippen molar-refractivity contribution in [2.75, 3.05) is 0 Å². The topological polar surface area (TPSA) is 251 Å². The molecule has 31 heavy (non-hydrogen) atoms. The molecule has 0 bridgehead atoms. The summed E-state index contributed by atoms with van der Waals surface area (Å²) < 4.78 is 0. The number of nitrogens with two attached hydrogens (primary N) is 2. The van der Waals surface area contributed by atoms with E-state index in [0.29, 0.717) is 0 Å². The average Bonchev–Trinajstić information content (AvgIpc) is 2.60. The van der Waals surface area contributed by atoms with Crippen LogP contribution in [0.15, 0.2) is 0 Å². The van der Waals surface area contributed by atoms with Gasteiger partial charge in [-0.05, 0) is 12.8 Å². The van der Waals surface area contributed by atoms with E-state index in [1.54, 1.807) is 0 Å². The van der Waals surface area contributed by atoms with Gasteiger partial charge in [0, 0.05) is 0 Å². The quantitative estimate of drug-likeness (QED) is 0.137. The van der Waals surface area contributed by atoms with Crippen molar-refractivity contribution in [3.8, 4) is 0 Å². The van der Waals surface area contributed by atoms with Crippen LogP contribution in [0.2, 0.25) is 0 Å². The van der Waals surface area contributed by atoms with Crippen LogP contribution < -0.4 is 27.4 Å². The van der Waals surface area contributed by atoms with Crippen LogP contribution in [0.3, 0.4) is 0 Å². The summed E-state index contributed by atoms with van der Waals surface area (Å²) in [6.45, 7) is 4.19. The van der Waals surface area contributed by atoms with Crippen molar-refractivity contribution in [3.05, 3.63) is 0 Å². The highest BCUT2D eigenvalue weighted by atomic mass is 16.4. The number of carboxylic acids is 2. The van der Waals surface area contributed by atoms with Crippen LogP contribution in [0.4, 0.5) is 0 Å². The zero-order valence-corrected chi connectivity index (χ0v) is 17.3. The standard InChI is InChI=1S/C17H29N5O9/c1-6(2)12(17(30)31)21-15(28)9(5-10(19)24)20-16(29)13(7(3)23)22-14(27)8(18)4-11(25)26/h6-9,12-13,23H,4-5,18H2,1-3H3,(H2,19,24)(H,20,29)(H,21,28)(H,22,27)(H,25,26)(H,30,31). The smallest absolute Gasteiger partial charge is 0.326 e. The Hall–Kier alpha value is -3.26. The van der Waals surface area contributed by atoms with E-state index in [2.05, 4.69) is 16.0 Å². The minimum atomic E-state index is -1.66. The Labute approximate surface area is 177 Å². The molecule has 0 saturated carbocycles. The van der Waals surface area contributed by atoms with Gasteiger partial charge in [-0.25, -0.2) is 4.79 Å². The van der Waals surface area contributed by atoms with Crippen LogP contribution in [-0.2, 0) is 28.8 Å². The Balaban J connectivity index is 5.46. The maximum Gasteiger partial charge on any atom is 0.326 e. The monoisotopic (exact) mass is 447 g/mol. The first-order chi connectivity index (χ1) is 14.2. The number of aliphatic hydroxyl groups is 1. The molecule has 176 valence electrons. The van der Waals surface area contributed by atoms with Crippen LogP contribution in [0.1, 0.15) is 33.6 Å². The summed E-state index contributed by atoms with van der Waals surface area (Å²) in [4.78, 5) is 70.2. The first-order valence-electron chi connectivity index (χ1n) is 9.25. The van der Waals surface area contributed by atoms with Gasteiger partial charge in [0.1, 0.15) is 18.1 Å². The summed E-state index contributed by atoms with van der Waals surface area (Å²) in [6, 6.07) is -6.09. The van der Waals surface area contributed by atoms with E-state index < -0.39 is 84.6 Å². The average molecular weight is 447 g/mol. The Morgan fingerprint density at radius 3 is 1.71 bits per heavy atom. The van der Waals surface area contributed by atoms with Gasteiger partial charge in [-0.1, -0.05) is 13.8 Å². The molecule has 0 radical (unpaired) electrons. The molecule has 0 aromatic rings. The summed E-state index contributed by atoms with van der Waals surface area (Å²) in [6.07, 6.45) is -2.93. The SMILES string of the molecule is CC(C)C(NC(=O)C(CC(N)=O)NC(=O)C(NC(=O)C(N)CC(=O)O)C(C)O)C(=O)O. The second-order valence-electron chi connectivity index (χ2n) is 7.23. The van der Waals surface area contributed by atoms with E-state index in [0.717, 1.165) is 6.92 Å². The molecule has 10 N–H and O–H groups in total. The molecular weight excluding hydrogens is 418 g/mol. The molecule has 0 heterocycles. The van der Waals surface area contributed by atoms with Gasteiger partial charge in [0.2, 0.25) is 23.6 Å². The molecule has 0 aliphatic rings. The highest BCUT2D eigenvalue weighted by Gasteiger charge is 2.33. The lowest BCUT2D eigenvalue weighted by molar-refractivity contribution is -0.143. The first-order valence-corrected chi connectivity index (χ1v) is 9.25. The maximum absolute atomic E-state index is 12.5. The molecule has 0 fully saturated rings. The number of hydrogen-bond acceptors (Lipinski definition) is 8. The van der Waals surface area contributed by atoms with E-state index in [4.69, 9.17) is 16.6 Å². The van der Waals surface area contributed by atoms with E-state index in [-0.39, 0.29) is 0 Å². The molecule has 4 amide bonds. The molecule has 0 saturated heterocycles. The molecule has 0 spiro atoms. The number of aliphatic carboxylic acids is 2. The third-order valence-electron chi connectivity index (χ3n) is 4.06. The minimum Gasteiger partial charge on any atom is -0.481 e. The van der Waals surface area contributed by atoms with Crippen molar-refractivity contribution < 1.29 is 44.1 Å². The summed E-state index contributed by atoms with van der Waals surface area (Å²) in [5.41, 5.74) is 10.5. The van der Waals surface area contributed by atoms with E-state index in [1.165, 1.54) is 13.8 Å². The maximum atomic E-state index is 12.5. The lowest BCUT2D eigenvalue weighted by atomic mass is 10.0. The number of hydrogen-bond donors (Lipinski definition) is 8. The van der Waals surface area contributed by atoms with Crippen molar-refractivity contribution in [2.24, 2.45) is 17.4 Å². The summed E-state index contributed by atoms with van der Waals surface area (Å²) >= 11 is 0. The van der Waals surface area contributed by atoms with Crippen molar-refractivity contribution in [1.82, 2.24) is 16.0 Å². The summed E-state index contributed by atoms with van der Waals surface area (Å²) in [5, 5.41) is 34.0. The number of amides is 4. The van der Waals surface area contributed by atoms with Crippen LogP contribution >= 0.6 is 0 Å². The van der Waals surface area contributed by atoms with Gasteiger partial charge in [-0.15, -0.1) is 0 Å². The number of aliphatic hydroxyl groups excluding tert-OH is 1. The molecule has 14 nitrogen and oxygen atoms in total. The van der Waals surface area contributed by atoms with Gasteiger partial charge in [0.15, 0.2) is 0 Å². The Kier molecular flexibility index (Phi) is 11.1. The van der Waals surface area contributed by atoms with Crippen molar-refractivity contribution >= 4 is 35.6 Å². The molecule has 0 aliphatic carbocycles. The second kappa shape index (κ2) is 12.4.